The average Bonchev–Trinajstić information content (AvgIpc) is 2.89. The fourth-order valence-corrected chi connectivity index (χ4v) is 3.35. The summed E-state index contributed by atoms with van der Waals surface area (Å²) in [6.45, 7) is 4.96. The molecule has 2 unspecified atom stereocenters. The standard InChI is InChI=1S/C15H17BrN4O2/c1-15(2)13(21)12(20-6-5-18-14(20)19-8-17)10-7-9(16)3-4-11(10)22-15/h3-4,7,12-13,21H,5-6H2,1-2H3,(H,18,19). The molecule has 2 heterocycles. The molecule has 0 amide bonds. The largest absolute Gasteiger partial charge is 0.485 e. The molecule has 0 saturated heterocycles. The molecule has 2 atom stereocenters. The van der Waals surface area contributed by atoms with Crippen LogP contribution in [0.3, 0.4) is 0 Å². The Morgan fingerprint density at radius 3 is 3.05 bits per heavy atom. The van der Waals surface area contributed by atoms with Crippen LogP contribution in [0.15, 0.2) is 27.7 Å². The van der Waals surface area contributed by atoms with Crippen LogP contribution in [0.4, 0.5) is 0 Å². The third kappa shape index (κ3) is 2.42. The summed E-state index contributed by atoms with van der Waals surface area (Å²) in [5, 5.41) is 22.3. The fourth-order valence-electron chi connectivity index (χ4n) is 2.97. The van der Waals surface area contributed by atoms with E-state index in [-0.39, 0.29) is 6.04 Å². The molecule has 1 aromatic rings. The molecule has 0 radical (unpaired) electrons. The van der Waals surface area contributed by atoms with Crippen LogP contribution >= 0.6 is 15.9 Å². The van der Waals surface area contributed by atoms with Gasteiger partial charge in [-0.2, -0.15) is 5.26 Å². The smallest absolute Gasteiger partial charge is 0.208 e. The number of halogens is 1. The lowest BCUT2D eigenvalue weighted by molar-refractivity contribution is -0.0805. The molecule has 2 aliphatic rings. The number of aliphatic hydroxyl groups excluding tert-OH is 1. The molecule has 6 nitrogen and oxygen atoms in total. The van der Waals surface area contributed by atoms with Gasteiger partial charge >= 0.3 is 0 Å². The molecule has 3 rings (SSSR count). The van der Waals surface area contributed by atoms with Crippen molar-refractivity contribution in [3.05, 3.63) is 28.2 Å². The van der Waals surface area contributed by atoms with Gasteiger partial charge < -0.3 is 14.7 Å². The van der Waals surface area contributed by atoms with E-state index in [4.69, 9.17) is 10.00 Å². The highest BCUT2D eigenvalue weighted by Gasteiger charge is 2.46. The number of nitriles is 1. The van der Waals surface area contributed by atoms with Crippen molar-refractivity contribution in [3.8, 4) is 11.9 Å². The number of aliphatic imine (C=N–C) groups is 1. The zero-order chi connectivity index (χ0) is 15.9. The summed E-state index contributed by atoms with van der Waals surface area (Å²) >= 11 is 3.47. The summed E-state index contributed by atoms with van der Waals surface area (Å²) in [7, 11) is 0. The second kappa shape index (κ2) is 5.45. The number of hydrogen-bond acceptors (Lipinski definition) is 6. The highest BCUT2D eigenvalue weighted by Crippen LogP contribution is 2.44. The SMILES string of the molecule is CC1(C)Oc2ccc(Br)cc2C(N2CCN=C2NC#N)C1O. The normalized spacial score (nSPS) is 25.8. The van der Waals surface area contributed by atoms with E-state index in [1.165, 1.54) is 0 Å². The number of benzene rings is 1. The Labute approximate surface area is 137 Å². The zero-order valence-electron chi connectivity index (χ0n) is 12.4. The van der Waals surface area contributed by atoms with Gasteiger partial charge in [-0.05, 0) is 32.0 Å². The van der Waals surface area contributed by atoms with Gasteiger partial charge in [0.1, 0.15) is 17.5 Å². The molecule has 2 aliphatic heterocycles. The number of rotatable bonds is 1. The molecular formula is C15H17BrN4O2. The van der Waals surface area contributed by atoms with Crippen molar-refractivity contribution in [2.45, 2.75) is 31.6 Å². The van der Waals surface area contributed by atoms with Gasteiger partial charge in [0.05, 0.1) is 12.6 Å². The number of fused-ring (bicyclic) bond motifs is 1. The Kier molecular flexibility index (Phi) is 3.75. The van der Waals surface area contributed by atoms with E-state index >= 15 is 0 Å². The first-order valence-electron chi connectivity index (χ1n) is 7.07. The maximum atomic E-state index is 10.8. The van der Waals surface area contributed by atoms with Crippen LogP contribution in [0.2, 0.25) is 0 Å². The van der Waals surface area contributed by atoms with E-state index in [2.05, 4.69) is 26.2 Å². The Balaban J connectivity index is 2.07. The van der Waals surface area contributed by atoms with Gasteiger partial charge in [0.2, 0.25) is 5.96 Å². The second-order valence-electron chi connectivity index (χ2n) is 5.91. The topological polar surface area (TPSA) is 80.9 Å². The summed E-state index contributed by atoms with van der Waals surface area (Å²) in [4.78, 5) is 6.24. The Morgan fingerprint density at radius 2 is 2.32 bits per heavy atom. The van der Waals surface area contributed by atoms with Crippen molar-refractivity contribution in [2.75, 3.05) is 13.1 Å². The van der Waals surface area contributed by atoms with Crippen LogP contribution in [0.1, 0.15) is 25.5 Å². The predicted molar refractivity (Wildman–Crippen MR) is 85.4 cm³/mol. The first-order valence-corrected chi connectivity index (χ1v) is 7.86. The lowest BCUT2D eigenvalue weighted by Gasteiger charge is -2.45. The number of nitrogens with one attached hydrogen (secondary N) is 1. The predicted octanol–water partition coefficient (Wildman–Crippen LogP) is 1.76. The van der Waals surface area contributed by atoms with E-state index in [0.29, 0.717) is 19.0 Å². The van der Waals surface area contributed by atoms with Crippen molar-refractivity contribution >= 4 is 21.9 Å². The summed E-state index contributed by atoms with van der Waals surface area (Å²) in [5.41, 5.74) is 0.154. The quantitative estimate of drug-likeness (QED) is 0.586. The summed E-state index contributed by atoms with van der Waals surface area (Å²) in [6, 6.07) is 5.43. The van der Waals surface area contributed by atoms with Crippen LogP contribution in [0.5, 0.6) is 5.75 Å². The number of guanidine groups is 1. The first-order chi connectivity index (χ1) is 10.4. The Bertz CT molecular complexity index is 668. The van der Waals surface area contributed by atoms with Crippen LogP contribution in [0, 0.1) is 11.5 Å². The van der Waals surface area contributed by atoms with Crippen LogP contribution < -0.4 is 10.1 Å². The molecule has 0 fully saturated rings. The lowest BCUT2D eigenvalue weighted by atomic mass is 9.85. The van der Waals surface area contributed by atoms with E-state index in [0.717, 1.165) is 15.8 Å². The first kappa shape index (κ1) is 15.1. The van der Waals surface area contributed by atoms with Gasteiger partial charge in [-0.25, -0.2) is 0 Å². The third-order valence-electron chi connectivity index (χ3n) is 4.05. The van der Waals surface area contributed by atoms with Crippen LogP contribution in [-0.4, -0.2) is 40.8 Å². The number of hydrogen-bond donors (Lipinski definition) is 2. The summed E-state index contributed by atoms with van der Waals surface area (Å²) < 4.78 is 6.86. The molecule has 0 spiro atoms. The van der Waals surface area contributed by atoms with Gasteiger partial charge in [-0.1, -0.05) is 15.9 Å². The van der Waals surface area contributed by atoms with E-state index in [9.17, 15) is 5.11 Å². The molecule has 0 aliphatic carbocycles. The molecule has 22 heavy (non-hydrogen) atoms. The average molecular weight is 365 g/mol. The minimum absolute atomic E-state index is 0.321. The molecule has 0 bridgehead atoms. The van der Waals surface area contributed by atoms with Gasteiger partial charge in [0.15, 0.2) is 6.19 Å². The highest BCUT2D eigenvalue weighted by molar-refractivity contribution is 9.10. The zero-order valence-corrected chi connectivity index (χ0v) is 14.0. The molecule has 2 N–H and O–H groups in total. The maximum Gasteiger partial charge on any atom is 0.208 e. The minimum Gasteiger partial charge on any atom is -0.485 e. The lowest BCUT2D eigenvalue weighted by Crippen LogP contribution is -2.55. The van der Waals surface area contributed by atoms with Gasteiger partial charge in [0.25, 0.3) is 0 Å². The number of aliphatic hydroxyl groups is 1. The van der Waals surface area contributed by atoms with Crippen molar-refractivity contribution in [1.29, 1.82) is 5.26 Å². The second-order valence-corrected chi connectivity index (χ2v) is 6.83. The third-order valence-corrected chi connectivity index (χ3v) is 4.55. The molecule has 116 valence electrons. The van der Waals surface area contributed by atoms with Crippen molar-refractivity contribution in [1.82, 2.24) is 10.2 Å². The maximum absolute atomic E-state index is 10.8. The molecule has 7 heteroatoms. The van der Waals surface area contributed by atoms with E-state index < -0.39 is 11.7 Å². The molecule has 0 saturated carbocycles. The Morgan fingerprint density at radius 1 is 1.55 bits per heavy atom. The number of nitrogens with zero attached hydrogens (tertiary/aromatic N) is 3. The van der Waals surface area contributed by atoms with Gasteiger partial charge in [-0.3, -0.25) is 10.3 Å². The van der Waals surface area contributed by atoms with Gasteiger partial charge in [-0.15, -0.1) is 0 Å². The van der Waals surface area contributed by atoms with E-state index in [1.807, 2.05) is 43.1 Å². The number of ether oxygens (including phenoxy) is 1. The van der Waals surface area contributed by atoms with Crippen molar-refractivity contribution < 1.29 is 9.84 Å². The molecule has 1 aromatic carbocycles. The highest BCUT2D eigenvalue weighted by atomic mass is 79.9. The van der Waals surface area contributed by atoms with Crippen molar-refractivity contribution in [3.63, 3.8) is 0 Å². The summed E-state index contributed by atoms with van der Waals surface area (Å²) in [5.74, 6) is 1.24. The minimum atomic E-state index is -0.752. The molecular weight excluding hydrogens is 348 g/mol. The van der Waals surface area contributed by atoms with Crippen molar-refractivity contribution in [2.24, 2.45) is 4.99 Å². The monoisotopic (exact) mass is 364 g/mol. The fraction of sp³-hybridized carbons (Fsp3) is 0.467. The van der Waals surface area contributed by atoms with Crippen LogP contribution in [0.25, 0.3) is 0 Å². The Hall–Kier alpha value is -1.78. The van der Waals surface area contributed by atoms with E-state index in [1.54, 1.807) is 0 Å². The summed E-state index contributed by atoms with van der Waals surface area (Å²) in [6.07, 6.45) is 1.15. The van der Waals surface area contributed by atoms with Gasteiger partial charge in [0, 0.05) is 16.6 Å². The molecule has 0 aromatic heterocycles. The van der Waals surface area contributed by atoms with Crippen LogP contribution in [-0.2, 0) is 0 Å².